The summed E-state index contributed by atoms with van der Waals surface area (Å²) in [6.07, 6.45) is 2.28. The number of carbonyl (C=O) groups is 2. The van der Waals surface area contributed by atoms with Gasteiger partial charge in [0, 0.05) is 18.9 Å². The molecule has 1 aromatic carbocycles. The Morgan fingerprint density at radius 2 is 2.08 bits per heavy atom. The Morgan fingerprint density at radius 1 is 1.32 bits per heavy atom. The number of primary amides is 1. The molecule has 1 aliphatic rings. The van der Waals surface area contributed by atoms with Crippen LogP contribution in [0.3, 0.4) is 0 Å². The summed E-state index contributed by atoms with van der Waals surface area (Å²) in [5.74, 6) is 0.0335. The summed E-state index contributed by atoms with van der Waals surface area (Å²) in [6.45, 7) is 0.394. The fourth-order valence-electron chi connectivity index (χ4n) is 2.36. The summed E-state index contributed by atoms with van der Waals surface area (Å²) in [7, 11) is 0. The number of hydrogen-bond acceptors (Lipinski definition) is 5. The van der Waals surface area contributed by atoms with Gasteiger partial charge in [0.25, 0.3) is 0 Å². The molecule has 1 saturated carbocycles. The van der Waals surface area contributed by atoms with Crippen molar-refractivity contribution in [3.05, 3.63) is 35.9 Å². The highest BCUT2D eigenvalue weighted by Crippen LogP contribution is 2.40. The van der Waals surface area contributed by atoms with Crippen molar-refractivity contribution in [3.8, 4) is 0 Å². The van der Waals surface area contributed by atoms with E-state index in [1.54, 1.807) is 12.1 Å². The molecule has 1 heterocycles. The highest BCUT2D eigenvalue weighted by atomic mass is 32.2. The Balaban J connectivity index is 1.63. The molecular weight excluding hydrogens is 345 g/mol. The molecule has 0 aliphatic heterocycles. The first kappa shape index (κ1) is 17.4. The first-order valence-electron chi connectivity index (χ1n) is 7.93. The highest BCUT2D eigenvalue weighted by molar-refractivity contribution is 7.99. The summed E-state index contributed by atoms with van der Waals surface area (Å²) in [5.41, 5.74) is 5.36. The van der Waals surface area contributed by atoms with Gasteiger partial charge in [-0.05, 0) is 25.0 Å². The minimum absolute atomic E-state index is 0.0632. The lowest BCUT2D eigenvalue weighted by Gasteiger charge is -2.09. The number of halogens is 1. The van der Waals surface area contributed by atoms with Crippen LogP contribution in [0.5, 0.6) is 0 Å². The number of amides is 2. The van der Waals surface area contributed by atoms with E-state index in [1.807, 2.05) is 4.57 Å². The van der Waals surface area contributed by atoms with Crippen LogP contribution < -0.4 is 11.1 Å². The average Bonchev–Trinajstić information content (AvgIpc) is 3.34. The number of carbonyl (C=O) groups excluding carboxylic acids is 2. The van der Waals surface area contributed by atoms with Crippen molar-refractivity contribution in [1.82, 2.24) is 14.8 Å². The summed E-state index contributed by atoms with van der Waals surface area (Å²) >= 11 is 1.20. The van der Waals surface area contributed by atoms with E-state index in [9.17, 15) is 14.0 Å². The summed E-state index contributed by atoms with van der Waals surface area (Å²) in [5, 5.41) is 11.4. The zero-order valence-corrected chi connectivity index (χ0v) is 14.3. The minimum Gasteiger partial charge on any atom is -0.370 e. The lowest BCUT2D eigenvalue weighted by atomic mass is 10.3. The lowest BCUT2D eigenvalue weighted by Crippen LogP contribution is -2.17. The molecule has 2 amide bonds. The van der Waals surface area contributed by atoms with Crippen LogP contribution in [-0.4, -0.2) is 32.3 Å². The van der Waals surface area contributed by atoms with Crippen molar-refractivity contribution >= 4 is 29.3 Å². The van der Waals surface area contributed by atoms with Gasteiger partial charge in [-0.15, -0.1) is 10.2 Å². The van der Waals surface area contributed by atoms with E-state index in [-0.39, 0.29) is 23.8 Å². The number of nitrogens with one attached hydrogen (secondary N) is 1. The van der Waals surface area contributed by atoms with Gasteiger partial charge < -0.3 is 15.6 Å². The molecule has 1 aromatic heterocycles. The van der Waals surface area contributed by atoms with Crippen molar-refractivity contribution in [3.63, 3.8) is 0 Å². The van der Waals surface area contributed by atoms with Gasteiger partial charge in [-0.3, -0.25) is 9.59 Å². The van der Waals surface area contributed by atoms with E-state index >= 15 is 0 Å². The molecule has 0 bridgehead atoms. The molecule has 3 N–H and O–H groups in total. The van der Waals surface area contributed by atoms with Crippen LogP contribution in [0.4, 0.5) is 10.1 Å². The van der Waals surface area contributed by atoms with Gasteiger partial charge in [0.05, 0.1) is 11.4 Å². The van der Waals surface area contributed by atoms with Crippen LogP contribution in [0.1, 0.15) is 31.0 Å². The lowest BCUT2D eigenvalue weighted by molar-refractivity contribution is -0.118. The second-order valence-electron chi connectivity index (χ2n) is 5.80. The monoisotopic (exact) mass is 363 g/mol. The Kier molecular flexibility index (Phi) is 5.32. The van der Waals surface area contributed by atoms with Crippen LogP contribution in [0.15, 0.2) is 29.4 Å². The number of aromatic nitrogens is 3. The molecule has 0 unspecified atom stereocenters. The normalized spacial score (nSPS) is 13.6. The summed E-state index contributed by atoms with van der Waals surface area (Å²) in [6, 6.07) is 5.98. The van der Waals surface area contributed by atoms with Crippen molar-refractivity contribution in [2.75, 3.05) is 11.1 Å². The molecule has 1 fully saturated rings. The van der Waals surface area contributed by atoms with Crippen molar-refractivity contribution in [2.45, 2.75) is 36.9 Å². The summed E-state index contributed by atoms with van der Waals surface area (Å²) in [4.78, 5) is 23.1. The van der Waals surface area contributed by atoms with Crippen LogP contribution in [-0.2, 0) is 16.1 Å². The van der Waals surface area contributed by atoms with Gasteiger partial charge in [0.2, 0.25) is 11.8 Å². The van der Waals surface area contributed by atoms with E-state index in [2.05, 4.69) is 15.5 Å². The molecule has 132 valence electrons. The predicted octanol–water partition coefficient (Wildman–Crippen LogP) is 1.90. The molecule has 0 spiro atoms. The van der Waals surface area contributed by atoms with Crippen molar-refractivity contribution < 1.29 is 14.0 Å². The standard InChI is InChI=1S/C16H18FN5O2S/c17-11-3-1-2-4-12(11)19-14(24)9-25-16-21-20-15(10-5-6-10)22(16)8-7-13(18)23/h1-4,10H,5-9H2,(H2,18,23)(H,19,24). The van der Waals surface area contributed by atoms with Crippen LogP contribution in [0.2, 0.25) is 0 Å². The maximum absolute atomic E-state index is 13.6. The quantitative estimate of drug-likeness (QED) is 0.697. The van der Waals surface area contributed by atoms with Gasteiger partial charge in [0.1, 0.15) is 11.6 Å². The third-order valence-corrected chi connectivity index (χ3v) is 4.72. The second kappa shape index (κ2) is 7.64. The molecule has 7 nitrogen and oxygen atoms in total. The molecular formula is C16H18FN5O2S. The number of hydrogen-bond donors (Lipinski definition) is 2. The fraction of sp³-hybridized carbons (Fsp3) is 0.375. The number of nitrogens with two attached hydrogens (primary N) is 1. The van der Waals surface area contributed by atoms with Gasteiger partial charge in [0.15, 0.2) is 5.16 Å². The number of rotatable bonds is 8. The Hall–Kier alpha value is -2.42. The van der Waals surface area contributed by atoms with E-state index < -0.39 is 11.7 Å². The molecule has 0 atom stereocenters. The van der Waals surface area contributed by atoms with Crippen molar-refractivity contribution in [2.24, 2.45) is 5.73 Å². The first-order valence-corrected chi connectivity index (χ1v) is 8.91. The largest absolute Gasteiger partial charge is 0.370 e. The zero-order chi connectivity index (χ0) is 17.8. The Bertz CT molecular complexity index is 791. The van der Waals surface area contributed by atoms with Gasteiger partial charge in [-0.1, -0.05) is 23.9 Å². The third kappa shape index (κ3) is 4.56. The molecule has 0 radical (unpaired) electrons. The van der Waals surface area contributed by atoms with Crippen LogP contribution in [0.25, 0.3) is 0 Å². The number of thioether (sulfide) groups is 1. The predicted molar refractivity (Wildman–Crippen MR) is 91.6 cm³/mol. The van der Waals surface area contributed by atoms with Gasteiger partial charge in [-0.25, -0.2) is 4.39 Å². The molecule has 0 saturated heterocycles. The minimum atomic E-state index is -0.485. The maximum atomic E-state index is 13.6. The average molecular weight is 363 g/mol. The molecule has 1 aliphatic carbocycles. The first-order chi connectivity index (χ1) is 12.0. The van der Waals surface area contributed by atoms with E-state index in [0.717, 1.165) is 18.7 Å². The zero-order valence-electron chi connectivity index (χ0n) is 13.4. The molecule has 9 heteroatoms. The fourth-order valence-corrected chi connectivity index (χ4v) is 3.13. The van der Waals surface area contributed by atoms with Gasteiger partial charge >= 0.3 is 0 Å². The van der Waals surface area contributed by atoms with E-state index in [0.29, 0.717) is 17.6 Å². The van der Waals surface area contributed by atoms with Crippen LogP contribution in [0, 0.1) is 5.82 Å². The maximum Gasteiger partial charge on any atom is 0.234 e. The van der Waals surface area contributed by atoms with Crippen LogP contribution >= 0.6 is 11.8 Å². The number of para-hydroxylation sites is 1. The molecule has 25 heavy (non-hydrogen) atoms. The third-order valence-electron chi connectivity index (χ3n) is 3.75. The van der Waals surface area contributed by atoms with E-state index in [4.69, 9.17) is 5.73 Å². The van der Waals surface area contributed by atoms with Crippen molar-refractivity contribution in [1.29, 1.82) is 0 Å². The number of anilines is 1. The van der Waals surface area contributed by atoms with E-state index in [1.165, 1.54) is 23.9 Å². The SMILES string of the molecule is NC(=O)CCn1c(SCC(=O)Nc2ccccc2F)nnc1C1CC1. The van der Waals surface area contributed by atoms with Gasteiger partial charge in [-0.2, -0.15) is 0 Å². The molecule has 3 rings (SSSR count). The highest BCUT2D eigenvalue weighted by Gasteiger charge is 2.30. The molecule has 2 aromatic rings. The topological polar surface area (TPSA) is 103 Å². The Labute approximate surface area is 148 Å². The second-order valence-corrected chi connectivity index (χ2v) is 6.74. The smallest absolute Gasteiger partial charge is 0.234 e. The number of nitrogens with zero attached hydrogens (tertiary/aromatic N) is 3. The summed E-state index contributed by atoms with van der Waals surface area (Å²) < 4.78 is 15.4. The Morgan fingerprint density at radius 3 is 2.76 bits per heavy atom. The number of benzene rings is 1.